The second-order valence-corrected chi connectivity index (χ2v) is 8.18. The van der Waals surface area contributed by atoms with Gasteiger partial charge >= 0.3 is 0 Å². The molecule has 1 saturated heterocycles. The largest absolute Gasteiger partial charge is 0.390 e. The van der Waals surface area contributed by atoms with Crippen LogP contribution in [0.1, 0.15) is 18.2 Å². The predicted molar refractivity (Wildman–Crippen MR) is 98.6 cm³/mol. The van der Waals surface area contributed by atoms with Crippen molar-refractivity contribution in [3.05, 3.63) is 42.5 Å². The van der Waals surface area contributed by atoms with Gasteiger partial charge in [-0.1, -0.05) is 17.7 Å². The smallest absolute Gasteiger partial charge is 0.297 e. The lowest BCUT2D eigenvalue weighted by Gasteiger charge is -2.16. The number of hydrogen-bond acceptors (Lipinski definition) is 9. The van der Waals surface area contributed by atoms with Crippen molar-refractivity contribution in [2.75, 3.05) is 12.3 Å². The minimum atomic E-state index is -3.95. The second-order valence-electron chi connectivity index (χ2n) is 6.57. The van der Waals surface area contributed by atoms with Crippen LogP contribution in [0.5, 0.6) is 0 Å². The number of benzene rings is 1. The van der Waals surface area contributed by atoms with Crippen molar-refractivity contribution in [2.24, 2.45) is 0 Å². The summed E-state index contributed by atoms with van der Waals surface area (Å²) in [5, 5.41) is 10.3. The van der Waals surface area contributed by atoms with Crippen molar-refractivity contribution in [3.8, 4) is 0 Å². The maximum Gasteiger partial charge on any atom is 0.297 e. The molecule has 3 atom stereocenters. The summed E-state index contributed by atoms with van der Waals surface area (Å²) in [4.78, 5) is 12.3. The molecule has 10 nitrogen and oxygen atoms in total. The number of aromatic nitrogens is 4. The number of anilines is 1. The van der Waals surface area contributed by atoms with Crippen molar-refractivity contribution in [1.29, 1.82) is 0 Å². The second kappa shape index (κ2) is 7.09. The first-order valence-corrected chi connectivity index (χ1v) is 9.98. The lowest BCUT2D eigenvalue weighted by Crippen LogP contribution is -2.28. The number of nitrogens with zero attached hydrogens (tertiary/aromatic N) is 4. The van der Waals surface area contributed by atoms with E-state index in [0.29, 0.717) is 11.2 Å². The summed E-state index contributed by atoms with van der Waals surface area (Å²) >= 11 is 0. The van der Waals surface area contributed by atoms with Crippen LogP contribution >= 0.6 is 0 Å². The quantitative estimate of drug-likeness (QED) is 0.588. The zero-order chi connectivity index (χ0) is 19.9. The Hall–Kier alpha value is -2.60. The zero-order valence-corrected chi connectivity index (χ0v) is 15.8. The lowest BCUT2D eigenvalue weighted by molar-refractivity contribution is -0.0371. The van der Waals surface area contributed by atoms with Gasteiger partial charge in [-0.25, -0.2) is 15.0 Å². The molecule has 28 heavy (non-hydrogen) atoms. The molecule has 4 rings (SSSR count). The first-order chi connectivity index (χ1) is 13.3. The van der Waals surface area contributed by atoms with Crippen LogP contribution in [-0.2, 0) is 19.0 Å². The molecule has 0 saturated carbocycles. The van der Waals surface area contributed by atoms with Crippen LogP contribution < -0.4 is 5.73 Å². The summed E-state index contributed by atoms with van der Waals surface area (Å²) < 4.78 is 37.2. The number of nitrogen functional groups attached to an aromatic ring is 1. The van der Waals surface area contributed by atoms with E-state index in [0.717, 1.165) is 5.56 Å². The van der Waals surface area contributed by atoms with Crippen LogP contribution in [0.25, 0.3) is 11.2 Å². The summed E-state index contributed by atoms with van der Waals surface area (Å²) in [5.41, 5.74) is 7.62. The molecule has 0 amide bonds. The van der Waals surface area contributed by atoms with Gasteiger partial charge in [0.05, 0.1) is 23.9 Å². The van der Waals surface area contributed by atoms with Gasteiger partial charge in [-0.3, -0.25) is 8.75 Å². The van der Waals surface area contributed by atoms with Gasteiger partial charge in [0.15, 0.2) is 11.5 Å². The highest BCUT2D eigenvalue weighted by atomic mass is 32.2. The molecule has 1 aliphatic rings. The number of aryl methyl sites for hydroxylation is 1. The Kier molecular flexibility index (Phi) is 4.75. The molecule has 11 heteroatoms. The van der Waals surface area contributed by atoms with Gasteiger partial charge in [0.1, 0.15) is 24.2 Å². The Bertz CT molecular complexity index is 1100. The topological polar surface area (TPSA) is 142 Å². The molecule has 3 aromatic rings. The Morgan fingerprint density at radius 2 is 2.04 bits per heavy atom. The van der Waals surface area contributed by atoms with Crippen LogP contribution in [-0.4, -0.2) is 51.9 Å². The normalized spacial score (nSPS) is 22.7. The first kappa shape index (κ1) is 18.7. The average Bonchev–Trinajstić information content (AvgIpc) is 3.25. The Morgan fingerprint density at radius 1 is 1.29 bits per heavy atom. The molecule has 0 spiro atoms. The van der Waals surface area contributed by atoms with E-state index >= 15 is 0 Å². The minimum absolute atomic E-state index is 0.0508. The molecule has 3 heterocycles. The van der Waals surface area contributed by atoms with Crippen LogP contribution in [0.15, 0.2) is 41.8 Å². The maximum atomic E-state index is 12.3. The molecular formula is C17H19N5O5S. The van der Waals surface area contributed by atoms with Gasteiger partial charge in [-0.15, -0.1) is 0 Å². The van der Waals surface area contributed by atoms with Gasteiger partial charge in [0, 0.05) is 6.42 Å². The fourth-order valence-electron chi connectivity index (χ4n) is 3.05. The molecule has 1 fully saturated rings. The molecule has 1 aromatic carbocycles. The highest BCUT2D eigenvalue weighted by molar-refractivity contribution is 7.86. The van der Waals surface area contributed by atoms with Crippen molar-refractivity contribution >= 4 is 27.1 Å². The van der Waals surface area contributed by atoms with Crippen molar-refractivity contribution in [1.82, 2.24) is 19.5 Å². The van der Waals surface area contributed by atoms with Gasteiger partial charge in [-0.2, -0.15) is 8.42 Å². The third-order valence-electron chi connectivity index (χ3n) is 4.60. The molecule has 0 radical (unpaired) electrons. The van der Waals surface area contributed by atoms with Crippen LogP contribution in [0.4, 0.5) is 5.82 Å². The van der Waals surface area contributed by atoms with Crippen molar-refractivity contribution in [3.63, 3.8) is 0 Å². The summed E-state index contributed by atoms with van der Waals surface area (Å²) in [7, 11) is -3.95. The molecule has 3 N–H and O–H groups in total. The van der Waals surface area contributed by atoms with E-state index in [1.807, 2.05) is 6.92 Å². The van der Waals surface area contributed by atoms with Gasteiger partial charge in [-0.05, 0) is 19.1 Å². The molecule has 1 unspecified atom stereocenters. The standard InChI is InChI=1S/C17H19N5O5S/c1-10-2-4-11(5-3-10)28(24,25)26-7-13-12(23)6-14(27-13)22-9-21-15-16(18)19-8-20-17(15)22/h2-5,8-9,12-14,23H,6-7H2,1H3,(H2,18,19,20)/t12?,13-,14-/m1/s1. The van der Waals surface area contributed by atoms with Crippen LogP contribution in [0.3, 0.4) is 0 Å². The van der Waals surface area contributed by atoms with E-state index in [-0.39, 0.29) is 23.7 Å². The summed E-state index contributed by atoms with van der Waals surface area (Å²) in [6.07, 6.45) is 0.741. The van der Waals surface area contributed by atoms with E-state index in [2.05, 4.69) is 15.0 Å². The Balaban J connectivity index is 1.47. The Morgan fingerprint density at radius 3 is 2.79 bits per heavy atom. The van der Waals surface area contributed by atoms with E-state index in [1.165, 1.54) is 24.8 Å². The number of hydrogen-bond donors (Lipinski definition) is 2. The highest BCUT2D eigenvalue weighted by Gasteiger charge is 2.37. The summed E-state index contributed by atoms with van der Waals surface area (Å²) in [6.45, 7) is 1.55. The number of aliphatic hydroxyl groups is 1. The number of fused-ring (bicyclic) bond motifs is 1. The monoisotopic (exact) mass is 405 g/mol. The van der Waals surface area contributed by atoms with Gasteiger partial charge in [0.2, 0.25) is 0 Å². The third-order valence-corrected chi connectivity index (χ3v) is 5.89. The molecule has 2 aromatic heterocycles. The first-order valence-electron chi connectivity index (χ1n) is 8.58. The fraction of sp³-hybridized carbons (Fsp3) is 0.353. The van der Waals surface area contributed by atoms with Crippen LogP contribution in [0.2, 0.25) is 0 Å². The molecule has 0 aliphatic carbocycles. The maximum absolute atomic E-state index is 12.3. The fourth-order valence-corrected chi connectivity index (χ4v) is 3.97. The predicted octanol–water partition coefficient (Wildman–Crippen LogP) is 0.771. The summed E-state index contributed by atoms with van der Waals surface area (Å²) in [6, 6.07) is 6.32. The van der Waals surface area contributed by atoms with Crippen molar-refractivity contribution < 1.29 is 22.4 Å². The van der Waals surface area contributed by atoms with Crippen LogP contribution in [0, 0.1) is 6.92 Å². The molecular weight excluding hydrogens is 386 g/mol. The molecule has 0 bridgehead atoms. The number of imidazole rings is 1. The van der Waals surface area contributed by atoms with E-state index < -0.39 is 28.6 Å². The van der Waals surface area contributed by atoms with E-state index in [9.17, 15) is 13.5 Å². The SMILES string of the molecule is Cc1ccc(S(=O)(=O)OC[C@H]2O[C@@H](n3cnc4c(N)ncnc43)CC2O)cc1. The lowest BCUT2D eigenvalue weighted by atomic mass is 10.2. The van der Waals surface area contributed by atoms with E-state index in [1.54, 1.807) is 16.7 Å². The van der Waals surface area contributed by atoms with E-state index in [4.69, 9.17) is 14.7 Å². The van der Waals surface area contributed by atoms with Gasteiger partial charge in [0.25, 0.3) is 10.1 Å². The average molecular weight is 405 g/mol. The number of ether oxygens (including phenoxy) is 1. The highest BCUT2D eigenvalue weighted by Crippen LogP contribution is 2.32. The third kappa shape index (κ3) is 3.44. The molecule has 1 aliphatic heterocycles. The van der Waals surface area contributed by atoms with Gasteiger partial charge < -0.3 is 15.6 Å². The number of rotatable bonds is 5. The number of aliphatic hydroxyl groups excluding tert-OH is 1. The van der Waals surface area contributed by atoms with Crippen molar-refractivity contribution in [2.45, 2.75) is 36.7 Å². The minimum Gasteiger partial charge on any atom is -0.390 e. The Labute approximate surface area is 161 Å². The number of nitrogens with two attached hydrogens (primary N) is 1. The summed E-state index contributed by atoms with van der Waals surface area (Å²) in [5.74, 6) is 0.242. The zero-order valence-electron chi connectivity index (χ0n) is 15.0. The molecule has 148 valence electrons.